The van der Waals surface area contributed by atoms with Crippen molar-refractivity contribution in [2.24, 2.45) is 5.92 Å². The van der Waals surface area contributed by atoms with Crippen LogP contribution in [0.3, 0.4) is 0 Å². The monoisotopic (exact) mass is 615 g/mol. The summed E-state index contributed by atoms with van der Waals surface area (Å²) in [5, 5.41) is 8.08. The molecule has 45 heavy (non-hydrogen) atoms. The number of alkyl carbamates (subject to hydrolysis) is 1. The van der Waals surface area contributed by atoms with Crippen LogP contribution in [0.4, 0.5) is 10.5 Å². The highest BCUT2D eigenvalue weighted by Gasteiger charge is 2.37. The summed E-state index contributed by atoms with van der Waals surface area (Å²) in [6, 6.07) is 18.1. The number of carbonyl (C=O) groups is 3. The number of rotatable bonds is 14. The lowest BCUT2D eigenvalue weighted by molar-refractivity contribution is -0.141. The fraction of sp³-hybridized carbons (Fsp3) is 0.500. The molecule has 0 aliphatic rings. The maximum Gasteiger partial charge on any atom is 0.408 e. The van der Waals surface area contributed by atoms with Crippen LogP contribution in [0.2, 0.25) is 0 Å². The van der Waals surface area contributed by atoms with Gasteiger partial charge in [-0.15, -0.1) is 0 Å². The van der Waals surface area contributed by atoms with E-state index in [4.69, 9.17) is 4.74 Å². The van der Waals surface area contributed by atoms with Gasteiger partial charge in [-0.3, -0.25) is 9.59 Å². The Morgan fingerprint density at radius 2 is 1.56 bits per heavy atom. The van der Waals surface area contributed by atoms with Crippen LogP contribution in [-0.4, -0.2) is 41.0 Å². The first kappa shape index (κ1) is 35.6. The van der Waals surface area contributed by atoms with Gasteiger partial charge in [0, 0.05) is 12.2 Å². The molecular formula is C38H53N3O4. The molecule has 3 aromatic carbocycles. The van der Waals surface area contributed by atoms with Crippen LogP contribution in [0.1, 0.15) is 103 Å². The summed E-state index contributed by atoms with van der Waals surface area (Å²) in [4.78, 5) is 43.7. The third-order valence-corrected chi connectivity index (χ3v) is 7.79. The first-order valence-corrected chi connectivity index (χ1v) is 16.5. The highest BCUT2D eigenvalue weighted by atomic mass is 16.6. The smallest absolute Gasteiger partial charge is 0.408 e. The summed E-state index contributed by atoms with van der Waals surface area (Å²) in [5.74, 6) is -0.461. The Labute approximate surface area is 270 Å². The number of amides is 3. The largest absolute Gasteiger partial charge is 0.444 e. The molecule has 2 unspecified atom stereocenters. The zero-order valence-electron chi connectivity index (χ0n) is 28.5. The minimum atomic E-state index is -0.898. The number of carbonyl (C=O) groups excluding carboxylic acids is 3. The molecule has 7 heteroatoms. The van der Waals surface area contributed by atoms with E-state index in [1.54, 1.807) is 25.7 Å². The number of hydrogen-bond acceptors (Lipinski definition) is 4. The van der Waals surface area contributed by atoms with Crippen LogP contribution in [0.15, 0.2) is 60.7 Å². The van der Waals surface area contributed by atoms with E-state index in [1.807, 2.05) is 88.4 Å². The molecule has 0 radical (unpaired) electrons. The van der Waals surface area contributed by atoms with Crippen molar-refractivity contribution in [3.63, 3.8) is 0 Å². The first-order valence-electron chi connectivity index (χ1n) is 16.5. The fourth-order valence-electron chi connectivity index (χ4n) is 5.58. The topological polar surface area (TPSA) is 87.7 Å². The average Bonchev–Trinajstić information content (AvgIpc) is 2.96. The molecular weight excluding hydrogens is 562 g/mol. The van der Waals surface area contributed by atoms with Gasteiger partial charge >= 0.3 is 6.09 Å². The molecule has 3 amide bonds. The molecule has 2 N–H and O–H groups in total. The highest BCUT2D eigenvalue weighted by Crippen LogP contribution is 2.30. The lowest BCUT2D eigenvalue weighted by Crippen LogP contribution is -2.53. The van der Waals surface area contributed by atoms with Crippen molar-refractivity contribution >= 4 is 34.4 Å². The Bertz CT molecular complexity index is 1440. The van der Waals surface area contributed by atoms with E-state index in [9.17, 15) is 14.4 Å². The second-order valence-corrected chi connectivity index (χ2v) is 13.6. The van der Waals surface area contributed by atoms with Crippen molar-refractivity contribution < 1.29 is 19.1 Å². The van der Waals surface area contributed by atoms with Crippen molar-refractivity contribution in [1.29, 1.82) is 0 Å². The molecule has 0 aromatic heterocycles. The Kier molecular flexibility index (Phi) is 13.0. The molecule has 3 rings (SSSR count). The van der Waals surface area contributed by atoms with Gasteiger partial charge in [-0.1, -0.05) is 101 Å². The second-order valence-electron chi connectivity index (χ2n) is 13.6. The molecule has 0 bridgehead atoms. The van der Waals surface area contributed by atoms with Crippen LogP contribution < -0.4 is 10.6 Å². The number of ether oxygens (including phenoxy) is 1. The predicted molar refractivity (Wildman–Crippen MR) is 184 cm³/mol. The maximum absolute atomic E-state index is 14.6. The van der Waals surface area contributed by atoms with Crippen molar-refractivity contribution in [3.8, 4) is 0 Å². The standard InChI is InChI=1S/C38H53N3O4/c1-9-10-11-12-15-22-41(36(43)33(23-26(2)3)40-37(44)45-38(6,7)8)34(32-24-27(4)18-19-28(32)5)35(42)39-31-21-20-29-16-13-14-17-30(29)25-31/h13-14,16-21,24-26,33-34H,9-12,15,22-23H2,1-8H3,(H,39,42)(H,40,44). The van der Waals surface area contributed by atoms with Gasteiger partial charge in [0.25, 0.3) is 5.91 Å². The third-order valence-electron chi connectivity index (χ3n) is 7.79. The van der Waals surface area contributed by atoms with E-state index < -0.39 is 23.8 Å². The van der Waals surface area contributed by atoms with Gasteiger partial charge in [0.05, 0.1) is 0 Å². The van der Waals surface area contributed by atoms with Gasteiger partial charge in [0.1, 0.15) is 17.7 Å². The average molecular weight is 616 g/mol. The van der Waals surface area contributed by atoms with Crippen LogP contribution in [0, 0.1) is 19.8 Å². The van der Waals surface area contributed by atoms with Crippen molar-refractivity contribution in [2.75, 3.05) is 11.9 Å². The number of hydrogen-bond donors (Lipinski definition) is 2. The summed E-state index contributed by atoms with van der Waals surface area (Å²) in [6.07, 6.45) is 4.74. The normalized spacial score (nSPS) is 12.9. The molecule has 0 aliphatic heterocycles. The van der Waals surface area contributed by atoms with E-state index in [-0.39, 0.29) is 17.7 Å². The maximum atomic E-state index is 14.6. The van der Waals surface area contributed by atoms with Crippen LogP contribution in [-0.2, 0) is 14.3 Å². The van der Waals surface area contributed by atoms with E-state index in [1.165, 1.54) is 0 Å². The number of aryl methyl sites for hydroxylation is 2. The fourth-order valence-corrected chi connectivity index (χ4v) is 5.58. The van der Waals surface area contributed by atoms with Gasteiger partial charge in [-0.25, -0.2) is 4.79 Å². The third kappa shape index (κ3) is 10.9. The summed E-state index contributed by atoms with van der Waals surface area (Å²) in [5.41, 5.74) is 2.64. The zero-order valence-corrected chi connectivity index (χ0v) is 28.5. The minimum Gasteiger partial charge on any atom is -0.444 e. The van der Waals surface area contributed by atoms with E-state index in [0.717, 1.165) is 59.6 Å². The number of benzene rings is 3. The Hall–Kier alpha value is -3.87. The highest BCUT2D eigenvalue weighted by molar-refractivity contribution is 6.00. The zero-order chi connectivity index (χ0) is 33.1. The Balaban J connectivity index is 2.07. The molecule has 0 heterocycles. The number of nitrogens with one attached hydrogen (secondary N) is 2. The lowest BCUT2D eigenvalue weighted by Gasteiger charge is -2.35. The van der Waals surface area contributed by atoms with Crippen molar-refractivity contribution in [1.82, 2.24) is 10.2 Å². The summed E-state index contributed by atoms with van der Waals surface area (Å²) in [7, 11) is 0. The SMILES string of the molecule is CCCCCCCN(C(=O)C(CC(C)C)NC(=O)OC(C)(C)C)C(C(=O)Nc1ccc2ccccc2c1)c1cc(C)ccc1C. The molecule has 0 saturated heterocycles. The summed E-state index contributed by atoms with van der Waals surface area (Å²) < 4.78 is 5.55. The summed E-state index contributed by atoms with van der Waals surface area (Å²) in [6.45, 7) is 15.9. The molecule has 2 atom stereocenters. The molecule has 0 fully saturated rings. The first-order chi connectivity index (χ1) is 21.3. The van der Waals surface area contributed by atoms with Gasteiger partial charge < -0.3 is 20.3 Å². The Morgan fingerprint density at radius 1 is 0.867 bits per heavy atom. The molecule has 244 valence electrons. The predicted octanol–water partition coefficient (Wildman–Crippen LogP) is 8.87. The minimum absolute atomic E-state index is 0.117. The lowest BCUT2D eigenvalue weighted by atomic mass is 9.94. The van der Waals surface area contributed by atoms with E-state index in [2.05, 4.69) is 17.6 Å². The molecule has 3 aromatic rings. The van der Waals surface area contributed by atoms with Crippen LogP contribution >= 0.6 is 0 Å². The van der Waals surface area contributed by atoms with Crippen LogP contribution in [0.5, 0.6) is 0 Å². The van der Waals surface area contributed by atoms with Gasteiger partial charge in [-0.2, -0.15) is 0 Å². The summed E-state index contributed by atoms with van der Waals surface area (Å²) >= 11 is 0. The van der Waals surface area contributed by atoms with E-state index >= 15 is 0 Å². The molecule has 7 nitrogen and oxygen atoms in total. The molecule has 0 aliphatic carbocycles. The number of anilines is 1. The van der Waals surface area contributed by atoms with Gasteiger partial charge in [0.2, 0.25) is 5.91 Å². The van der Waals surface area contributed by atoms with Crippen molar-refractivity contribution in [2.45, 2.75) is 112 Å². The number of fused-ring (bicyclic) bond motifs is 1. The Morgan fingerprint density at radius 3 is 2.22 bits per heavy atom. The van der Waals surface area contributed by atoms with Crippen LogP contribution in [0.25, 0.3) is 10.8 Å². The van der Waals surface area contributed by atoms with E-state index in [0.29, 0.717) is 18.7 Å². The van der Waals surface area contributed by atoms with Crippen molar-refractivity contribution in [3.05, 3.63) is 77.4 Å². The quantitative estimate of drug-likeness (QED) is 0.177. The molecule has 0 spiro atoms. The van der Waals surface area contributed by atoms with Gasteiger partial charge in [0.15, 0.2) is 0 Å². The van der Waals surface area contributed by atoms with Gasteiger partial charge in [-0.05, 0) is 87.4 Å². The number of unbranched alkanes of at least 4 members (excludes halogenated alkanes) is 4. The second kappa shape index (κ2) is 16.4. The molecule has 0 saturated carbocycles. The number of nitrogens with zero attached hydrogens (tertiary/aromatic N) is 1.